The summed E-state index contributed by atoms with van der Waals surface area (Å²) in [6.45, 7) is 0. The first kappa shape index (κ1) is 21.7. The number of rotatable bonds is 7. The molecule has 12 heteroatoms. The van der Waals surface area contributed by atoms with Gasteiger partial charge in [0.1, 0.15) is 22.0 Å². The zero-order valence-corrected chi connectivity index (χ0v) is 18.4. The molecule has 0 spiro atoms. The molecule has 0 aliphatic carbocycles. The summed E-state index contributed by atoms with van der Waals surface area (Å²) in [5.74, 6) is -0.208. The van der Waals surface area contributed by atoms with Crippen LogP contribution in [0, 0.1) is 0 Å². The topological polar surface area (TPSA) is 142 Å². The Balaban J connectivity index is 1.50. The van der Waals surface area contributed by atoms with Crippen LogP contribution in [-0.2, 0) is 14.8 Å². The van der Waals surface area contributed by atoms with Crippen LogP contribution >= 0.6 is 11.8 Å². The van der Waals surface area contributed by atoms with Gasteiger partial charge in [-0.25, -0.2) is 28.2 Å². The molecule has 2 aromatic heterocycles. The number of nitrogens with zero attached hydrogens (tertiary/aromatic N) is 4. The Morgan fingerprint density at radius 2 is 1.97 bits per heavy atom. The molecule has 2 heterocycles. The molecule has 0 bridgehead atoms. The minimum atomic E-state index is -4.01. The van der Waals surface area contributed by atoms with Gasteiger partial charge in [0.2, 0.25) is 15.9 Å². The molecule has 0 unspecified atom stereocenters. The fourth-order valence-electron chi connectivity index (χ4n) is 3.00. The van der Waals surface area contributed by atoms with Gasteiger partial charge >= 0.3 is 0 Å². The highest BCUT2D eigenvalue weighted by molar-refractivity contribution is 8.00. The van der Waals surface area contributed by atoms with Crippen LogP contribution in [0.5, 0.6) is 5.75 Å². The number of amides is 1. The monoisotopic (exact) mass is 470 g/mol. The van der Waals surface area contributed by atoms with Crippen molar-refractivity contribution in [2.45, 2.75) is 9.92 Å². The molecule has 0 fully saturated rings. The summed E-state index contributed by atoms with van der Waals surface area (Å²) in [6.07, 6.45) is 3.08. The van der Waals surface area contributed by atoms with Crippen molar-refractivity contribution >= 4 is 44.4 Å². The fraction of sp³-hybridized carbons (Fsp3) is 0.100. The summed E-state index contributed by atoms with van der Waals surface area (Å²) >= 11 is 1.22. The van der Waals surface area contributed by atoms with Gasteiger partial charge in [0, 0.05) is 5.69 Å². The van der Waals surface area contributed by atoms with E-state index in [4.69, 9.17) is 9.88 Å². The van der Waals surface area contributed by atoms with E-state index in [9.17, 15) is 13.2 Å². The van der Waals surface area contributed by atoms with Crippen LogP contribution in [0.2, 0.25) is 0 Å². The summed E-state index contributed by atoms with van der Waals surface area (Å²) in [4.78, 5) is 20.8. The number of fused-ring (bicyclic) bond motifs is 1. The van der Waals surface area contributed by atoms with Crippen LogP contribution in [0.15, 0.2) is 71.0 Å². The van der Waals surface area contributed by atoms with E-state index in [1.54, 1.807) is 10.9 Å². The number of thioether (sulfide) groups is 1. The lowest BCUT2D eigenvalue weighted by Gasteiger charge is -2.10. The van der Waals surface area contributed by atoms with Crippen molar-refractivity contribution in [2.75, 3.05) is 18.2 Å². The lowest BCUT2D eigenvalue weighted by atomic mass is 10.3. The van der Waals surface area contributed by atoms with E-state index in [-0.39, 0.29) is 28.0 Å². The molecule has 0 aliphatic rings. The molecule has 10 nitrogen and oxygen atoms in total. The Morgan fingerprint density at radius 1 is 1.19 bits per heavy atom. The van der Waals surface area contributed by atoms with Crippen molar-refractivity contribution < 1.29 is 17.9 Å². The third-order valence-electron chi connectivity index (χ3n) is 4.42. The number of carbonyl (C=O) groups excluding carboxylic acids is 1. The van der Waals surface area contributed by atoms with Crippen LogP contribution in [0.3, 0.4) is 0 Å². The molecule has 0 saturated heterocycles. The third kappa shape index (κ3) is 4.56. The number of aromatic nitrogens is 4. The maximum absolute atomic E-state index is 12.5. The van der Waals surface area contributed by atoms with E-state index in [1.807, 2.05) is 30.3 Å². The van der Waals surface area contributed by atoms with Gasteiger partial charge < -0.3 is 10.1 Å². The molecule has 4 aromatic rings. The maximum atomic E-state index is 12.5. The molecule has 164 valence electrons. The molecule has 32 heavy (non-hydrogen) atoms. The zero-order chi connectivity index (χ0) is 22.7. The van der Waals surface area contributed by atoms with Crippen LogP contribution < -0.4 is 15.2 Å². The highest BCUT2D eigenvalue weighted by atomic mass is 32.2. The second-order valence-corrected chi connectivity index (χ2v) is 9.05. The lowest BCUT2D eigenvalue weighted by Crippen LogP contribution is -2.17. The number of hydrogen-bond acceptors (Lipinski definition) is 8. The average Bonchev–Trinajstić information content (AvgIpc) is 3.22. The quantitative estimate of drug-likeness (QED) is 0.309. The van der Waals surface area contributed by atoms with E-state index in [0.717, 1.165) is 11.1 Å². The van der Waals surface area contributed by atoms with E-state index >= 15 is 0 Å². The van der Waals surface area contributed by atoms with Gasteiger partial charge in [-0.05, 0) is 30.3 Å². The molecule has 0 saturated carbocycles. The summed E-state index contributed by atoms with van der Waals surface area (Å²) in [5, 5.41) is 13.6. The zero-order valence-electron chi connectivity index (χ0n) is 16.8. The van der Waals surface area contributed by atoms with Crippen molar-refractivity contribution in [1.82, 2.24) is 19.7 Å². The normalized spacial score (nSPS) is 11.4. The number of sulfonamides is 1. The molecule has 0 radical (unpaired) electrons. The maximum Gasteiger partial charge on any atom is 0.241 e. The third-order valence-corrected chi connectivity index (χ3v) is 6.36. The van der Waals surface area contributed by atoms with Crippen LogP contribution in [-0.4, -0.2) is 46.9 Å². The Kier molecular flexibility index (Phi) is 6.08. The number of methoxy groups -OCH3 is 1. The minimum absolute atomic E-state index is 0.0410. The van der Waals surface area contributed by atoms with E-state index in [1.165, 1.54) is 43.4 Å². The highest BCUT2D eigenvalue weighted by Crippen LogP contribution is 2.28. The van der Waals surface area contributed by atoms with Gasteiger partial charge in [0.05, 0.1) is 30.1 Å². The molecule has 0 aliphatic heterocycles. The standard InChI is InChI=1S/C20H18N6O4S2/c1-30-16-8-7-13(9-17(16)32(21,28)29)25-18(27)11-31-20-15-10-24-26(19(15)22-12-23-20)14-5-3-2-4-6-14/h2-10,12H,11H2,1H3,(H,25,27)(H2,21,28,29). The van der Waals surface area contributed by atoms with Gasteiger partial charge in [0.25, 0.3) is 0 Å². The van der Waals surface area contributed by atoms with Gasteiger partial charge in [-0.3, -0.25) is 4.79 Å². The summed E-state index contributed by atoms with van der Waals surface area (Å²) in [7, 11) is -2.68. The molecule has 4 rings (SSSR count). The minimum Gasteiger partial charge on any atom is -0.495 e. The Labute approximate surface area is 187 Å². The largest absolute Gasteiger partial charge is 0.495 e. The van der Waals surface area contributed by atoms with Crippen molar-refractivity contribution in [3.63, 3.8) is 0 Å². The molecule has 2 aromatic carbocycles. The Morgan fingerprint density at radius 3 is 2.69 bits per heavy atom. The summed E-state index contributed by atoms with van der Waals surface area (Å²) < 4.78 is 30.2. The predicted octanol–water partition coefficient (Wildman–Crippen LogP) is 2.20. The molecular weight excluding hydrogens is 452 g/mol. The van der Waals surface area contributed by atoms with Crippen LogP contribution in [0.4, 0.5) is 5.69 Å². The number of anilines is 1. The van der Waals surface area contributed by atoms with Crippen molar-refractivity contribution in [2.24, 2.45) is 5.14 Å². The van der Waals surface area contributed by atoms with Gasteiger partial charge in [-0.2, -0.15) is 5.10 Å². The predicted molar refractivity (Wildman–Crippen MR) is 120 cm³/mol. The van der Waals surface area contributed by atoms with Gasteiger partial charge in [0.15, 0.2) is 5.65 Å². The number of primary sulfonamides is 1. The molecular formula is C20H18N6O4S2. The van der Waals surface area contributed by atoms with Crippen LogP contribution in [0.25, 0.3) is 16.7 Å². The SMILES string of the molecule is COc1ccc(NC(=O)CSc2ncnc3c2cnn3-c2ccccc2)cc1S(N)(=O)=O. The van der Waals surface area contributed by atoms with Crippen molar-refractivity contribution in [1.29, 1.82) is 0 Å². The Bertz CT molecular complexity index is 1390. The molecule has 0 atom stereocenters. The first-order valence-corrected chi connectivity index (χ1v) is 11.8. The fourth-order valence-corrected chi connectivity index (χ4v) is 4.49. The van der Waals surface area contributed by atoms with Gasteiger partial charge in [-0.1, -0.05) is 30.0 Å². The highest BCUT2D eigenvalue weighted by Gasteiger charge is 2.17. The number of carbonyl (C=O) groups is 1. The second kappa shape index (κ2) is 8.94. The Hall–Kier alpha value is -3.48. The number of hydrogen-bond donors (Lipinski definition) is 2. The average molecular weight is 471 g/mol. The second-order valence-electron chi connectivity index (χ2n) is 6.56. The smallest absolute Gasteiger partial charge is 0.241 e. The van der Waals surface area contributed by atoms with Crippen LogP contribution in [0.1, 0.15) is 0 Å². The van der Waals surface area contributed by atoms with E-state index < -0.39 is 10.0 Å². The summed E-state index contributed by atoms with van der Waals surface area (Å²) in [6, 6.07) is 13.8. The number of nitrogens with one attached hydrogen (secondary N) is 1. The lowest BCUT2D eigenvalue weighted by molar-refractivity contribution is -0.113. The van der Waals surface area contributed by atoms with Crippen molar-refractivity contribution in [3.8, 4) is 11.4 Å². The van der Waals surface area contributed by atoms with E-state index in [2.05, 4.69) is 20.4 Å². The van der Waals surface area contributed by atoms with Crippen molar-refractivity contribution in [3.05, 3.63) is 61.1 Å². The summed E-state index contributed by atoms with van der Waals surface area (Å²) in [5.41, 5.74) is 1.77. The van der Waals surface area contributed by atoms with Gasteiger partial charge in [-0.15, -0.1) is 0 Å². The molecule has 1 amide bonds. The number of ether oxygens (including phenoxy) is 1. The number of nitrogens with two attached hydrogens (primary N) is 1. The van der Waals surface area contributed by atoms with E-state index in [0.29, 0.717) is 10.7 Å². The molecule has 3 N–H and O–H groups in total. The first-order chi connectivity index (χ1) is 15.4. The number of benzene rings is 2. The first-order valence-electron chi connectivity index (χ1n) is 9.24. The number of para-hydroxylation sites is 1.